The highest BCUT2D eigenvalue weighted by Crippen LogP contribution is 2.26. The number of benzene rings is 1. The molecule has 2 aromatic rings. The van der Waals surface area contributed by atoms with Crippen LogP contribution in [0.3, 0.4) is 0 Å². The van der Waals surface area contributed by atoms with Gasteiger partial charge in [0.25, 0.3) is 0 Å². The van der Waals surface area contributed by atoms with Crippen LogP contribution in [0, 0.1) is 6.92 Å². The zero-order valence-corrected chi connectivity index (χ0v) is 9.98. The zero-order chi connectivity index (χ0) is 10.8. The van der Waals surface area contributed by atoms with Crippen molar-refractivity contribution >= 4 is 22.9 Å². The van der Waals surface area contributed by atoms with Crippen LogP contribution in [0.15, 0.2) is 35.0 Å². The Labute approximate surface area is 98.5 Å². The van der Waals surface area contributed by atoms with Crippen LogP contribution in [0.4, 0.5) is 0 Å². The van der Waals surface area contributed by atoms with Crippen molar-refractivity contribution in [1.82, 2.24) is 0 Å². The van der Waals surface area contributed by atoms with Crippen LogP contribution in [0.5, 0.6) is 0 Å². The fraction of sp³-hybridized carbons (Fsp3) is 0.167. The molecule has 78 valence electrons. The summed E-state index contributed by atoms with van der Waals surface area (Å²) in [5, 5.41) is 4.88. The zero-order valence-electron chi connectivity index (χ0n) is 8.41. The lowest BCUT2D eigenvalue weighted by molar-refractivity contribution is 0.867. The minimum atomic E-state index is -0.0477. The monoisotopic (exact) mass is 237 g/mol. The summed E-state index contributed by atoms with van der Waals surface area (Å²) in [7, 11) is 0. The van der Waals surface area contributed by atoms with Crippen molar-refractivity contribution in [3.63, 3.8) is 0 Å². The largest absolute Gasteiger partial charge is 0.320 e. The van der Waals surface area contributed by atoms with Gasteiger partial charge in [-0.2, -0.15) is 11.3 Å². The summed E-state index contributed by atoms with van der Waals surface area (Å²) in [5.74, 6) is 0. The second-order valence-electron chi connectivity index (χ2n) is 3.54. The van der Waals surface area contributed by atoms with Crippen LogP contribution in [-0.2, 0) is 0 Å². The highest BCUT2D eigenvalue weighted by atomic mass is 35.5. The molecule has 0 spiro atoms. The first kappa shape index (κ1) is 10.7. The molecule has 2 rings (SSSR count). The van der Waals surface area contributed by atoms with E-state index in [0.717, 1.165) is 21.7 Å². The molecule has 0 aliphatic carbocycles. The highest BCUT2D eigenvalue weighted by Gasteiger charge is 2.11. The van der Waals surface area contributed by atoms with Crippen LogP contribution in [0.1, 0.15) is 22.7 Å². The Morgan fingerprint density at radius 1 is 1.33 bits per heavy atom. The van der Waals surface area contributed by atoms with Crippen molar-refractivity contribution in [2.45, 2.75) is 13.0 Å². The first-order valence-electron chi connectivity index (χ1n) is 4.72. The van der Waals surface area contributed by atoms with E-state index in [1.807, 2.05) is 30.5 Å². The third-order valence-corrected chi connectivity index (χ3v) is 3.41. The molecule has 0 aliphatic heterocycles. The third-order valence-electron chi connectivity index (χ3n) is 2.47. The van der Waals surface area contributed by atoms with Crippen LogP contribution < -0.4 is 5.73 Å². The van der Waals surface area contributed by atoms with Crippen molar-refractivity contribution in [3.05, 3.63) is 56.7 Å². The van der Waals surface area contributed by atoms with Crippen molar-refractivity contribution in [1.29, 1.82) is 0 Å². The lowest BCUT2D eigenvalue weighted by atomic mass is 9.98. The molecule has 0 unspecified atom stereocenters. The number of thiophene rings is 1. The maximum Gasteiger partial charge on any atom is 0.0562 e. The fourth-order valence-corrected chi connectivity index (χ4v) is 2.54. The smallest absolute Gasteiger partial charge is 0.0562 e. The van der Waals surface area contributed by atoms with Gasteiger partial charge in [-0.15, -0.1) is 0 Å². The number of nitrogens with two attached hydrogens (primary N) is 1. The summed E-state index contributed by atoms with van der Waals surface area (Å²) < 4.78 is 0. The summed E-state index contributed by atoms with van der Waals surface area (Å²) in [6.45, 7) is 2.04. The SMILES string of the molecule is Cc1cc(Cl)ccc1[C@@H](N)c1ccsc1. The number of aryl methyl sites for hydroxylation is 1. The van der Waals surface area contributed by atoms with Gasteiger partial charge < -0.3 is 5.73 Å². The molecule has 0 saturated carbocycles. The van der Waals surface area contributed by atoms with Crippen LogP contribution in [-0.4, -0.2) is 0 Å². The molecule has 0 radical (unpaired) electrons. The minimum absolute atomic E-state index is 0.0477. The maximum atomic E-state index is 6.18. The van der Waals surface area contributed by atoms with E-state index in [4.69, 9.17) is 17.3 Å². The van der Waals surface area contributed by atoms with Gasteiger partial charge in [-0.25, -0.2) is 0 Å². The average Bonchev–Trinajstić information content (AvgIpc) is 2.69. The Bertz CT molecular complexity index is 451. The van der Waals surface area contributed by atoms with Gasteiger partial charge in [0.2, 0.25) is 0 Å². The van der Waals surface area contributed by atoms with Crippen molar-refractivity contribution in [3.8, 4) is 0 Å². The summed E-state index contributed by atoms with van der Waals surface area (Å²) in [5.41, 5.74) is 9.61. The predicted octanol–water partition coefficient (Wildman–Crippen LogP) is 3.76. The van der Waals surface area contributed by atoms with Gasteiger partial charge in [-0.1, -0.05) is 17.7 Å². The highest BCUT2D eigenvalue weighted by molar-refractivity contribution is 7.08. The van der Waals surface area contributed by atoms with Gasteiger partial charge in [-0.3, -0.25) is 0 Å². The molecule has 1 atom stereocenters. The first-order valence-corrected chi connectivity index (χ1v) is 6.04. The minimum Gasteiger partial charge on any atom is -0.320 e. The molecule has 15 heavy (non-hydrogen) atoms. The maximum absolute atomic E-state index is 6.18. The summed E-state index contributed by atoms with van der Waals surface area (Å²) in [6.07, 6.45) is 0. The van der Waals surface area contributed by atoms with Gasteiger partial charge >= 0.3 is 0 Å². The van der Waals surface area contributed by atoms with E-state index in [2.05, 4.69) is 11.4 Å². The van der Waals surface area contributed by atoms with E-state index in [1.165, 1.54) is 0 Å². The van der Waals surface area contributed by atoms with E-state index in [0.29, 0.717) is 0 Å². The third kappa shape index (κ3) is 2.23. The predicted molar refractivity (Wildman–Crippen MR) is 66.5 cm³/mol. The van der Waals surface area contributed by atoms with Crippen LogP contribution in [0.25, 0.3) is 0 Å². The molecular formula is C12H12ClNS. The lowest BCUT2D eigenvalue weighted by Gasteiger charge is -2.13. The van der Waals surface area contributed by atoms with E-state index in [-0.39, 0.29) is 6.04 Å². The molecule has 1 heterocycles. The molecule has 0 fully saturated rings. The molecular weight excluding hydrogens is 226 g/mol. The average molecular weight is 238 g/mol. The molecule has 1 aromatic carbocycles. The Morgan fingerprint density at radius 2 is 2.13 bits per heavy atom. The summed E-state index contributed by atoms with van der Waals surface area (Å²) >= 11 is 7.57. The standard InChI is InChI=1S/C12H12ClNS/c1-8-6-10(13)2-3-11(8)12(14)9-4-5-15-7-9/h2-7,12H,14H2,1H3/t12-/m0/s1. The number of hydrogen-bond acceptors (Lipinski definition) is 2. The van der Waals surface area contributed by atoms with Gasteiger partial charge in [0.1, 0.15) is 0 Å². The fourth-order valence-electron chi connectivity index (χ4n) is 1.62. The molecule has 0 bridgehead atoms. The molecule has 1 aromatic heterocycles. The summed E-state index contributed by atoms with van der Waals surface area (Å²) in [6, 6.07) is 7.84. The quantitative estimate of drug-likeness (QED) is 0.846. The number of hydrogen-bond donors (Lipinski definition) is 1. The topological polar surface area (TPSA) is 26.0 Å². The molecule has 0 aliphatic rings. The first-order chi connectivity index (χ1) is 7.18. The van der Waals surface area contributed by atoms with Crippen molar-refractivity contribution < 1.29 is 0 Å². The van der Waals surface area contributed by atoms with Gasteiger partial charge in [0.15, 0.2) is 0 Å². The second-order valence-corrected chi connectivity index (χ2v) is 4.75. The normalized spacial score (nSPS) is 12.7. The molecule has 0 saturated heterocycles. The molecule has 1 nitrogen and oxygen atoms in total. The van der Waals surface area contributed by atoms with E-state index in [9.17, 15) is 0 Å². The van der Waals surface area contributed by atoms with Gasteiger partial charge in [0, 0.05) is 5.02 Å². The summed E-state index contributed by atoms with van der Waals surface area (Å²) in [4.78, 5) is 0. The Kier molecular flexibility index (Phi) is 3.10. The van der Waals surface area contributed by atoms with Crippen molar-refractivity contribution in [2.24, 2.45) is 5.73 Å². The number of halogens is 1. The second kappa shape index (κ2) is 4.35. The lowest BCUT2D eigenvalue weighted by Crippen LogP contribution is -2.12. The van der Waals surface area contributed by atoms with Crippen molar-refractivity contribution in [2.75, 3.05) is 0 Å². The Morgan fingerprint density at radius 3 is 2.73 bits per heavy atom. The Balaban J connectivity index is 2.38. The van der Waals surface area contributed by atoms with Crippen LogP contribution in [0.2, 0.25) is 5.02 Å². The Hall–Kier alpha value is -0.830. The molecule has 3 heteroatoms. The van der Waals surface area contributed by atoms with E-state index in [1.54, 1.807) is 11.3 Å². The molecule has 2 N–H and O–H groups in total. The van der Waals surface area contributed by atoms with Crippen LogP contribution >= 0.6 is 22.9 Å². The van der Waals surface area contributed by atoms with Gasteiger partial charge in [0.05, 0.1) is 6.04 Å². The van der Waals surface area contributed by atoms with E-state index >= 15 is 0 Å². The van der Waals surface area contributed by atoms with Gasteiger partial charge in [-0.05, 0) is 52.6 Å². The number of rotatable bonds is 2. The molecule has 0 amide bonds. The van der Waals surface area contributed by atoms with E-state index < -0.39 is 0 Å².